The maximum absolute atomic E-state index is 9.48. The molecular weight excluding hydrogens is 390 g/mol. The number of hydrogen-bond acceptors (Lipinski definition) is 9. The molecule has 0 amide bonds. The number of anilines is 3. The molecule has 9 nitrogen and oxygen atoms in total. The number of fused-ring (bicyclic) bond motifs is 1. The van der Waals surface area contributed by atoms with E-state index in [-0.39, 0.29) is 23.0 Å². The summed E-state index contributed by atoms with van der Waals surface area (Å²) in [5.41, 5.74) is 15.3. The molecule has 9 heteroatoms. The van der Waals surface area contributed by atoms with Crippen LogP contribution in [0.4, 0.5) is 17.3 Å². The number of rotatable bonds is 3. The van der Waals surface area contributed by atoms with Gasteiger partial charge < -0.3 is 16.8 Å². The molecule has 158 valence electrons. The van der Waals surface area contributed by atoms with Crippen LogP contribution in [0.1, 0.15) is 54.5 Å². The van der Waals surface area contributed by atoms with E-state index in [2.05, 4.69) is 44.6 Å². The lowest BCUT2D eigenvalue weighted by molar-refractivity contribution is 0.152. The Balaban J connectivity index is 1.75. The third-order valence-corrected chi connectivity index (χ3v) is 5.95. The highest BCUT2D eigenvalue weighted by molar-refractivity contribution is 5.98. The van der Waals surface area contributed by atoms with Crippen molar-refractivity contribution >= 4 is 23.3 Å². The molecule has 0 bridgehead atoms. The van der Waals surface area contributed by atoms with E-state index in [4.69, 9.17) is 16.7 Å². The molecule has 31 heavy (non-hydrogen) atoms. The normalized spacial score (nSPS) is 20.5. The molecule has 0 spiro atoms. The summed E-state index contributed by atoms with van der Waals surface area (Å²) >= 11 is 0. The van der Waals surface area contributed by atoms with Crippen molar-refractivity contribution in [3.8, 4) is 12.3 Å². The van der Waals surface area contributed by atoms with Gasteiger partial charge in [0.05, 0.1) is 5.69 Å². The standard InChI is InChI=1S/C22H25N9/c1-13-5-2-3-8-31(13)11-14-6-4-7-15(9-14)19-17-18(25)16(10-23)20(26)29-21(17)30-22(28-19)27-12-24/h4,6-7,9,13,19H,2-3,5,8,11H2,1H3,(H6,25,26,27,28,29,30). The fourth-order valence-corrected chi connectivity index (χ4v) is 4.31. The van der Waals surface area contributed by atoms with Crippen LogP contribution in [0.25, 0.3) is 0 Å². The number of likely N-dealkylation sites (tertiary alicyclic amines) is 1. The van der Waals surface area contributed by atoms with E-state index < -0.39 is 6.04 Å². The summed E-state index contributed by atoms with van der Waals surface area (Å²) in [7, 11) is 0. The van der Waals surface area contributed by atoms with Gasteiger partial charge in [-0.25, -0.2) is 9.98 Å². The minimum atomic E-state index is -0.522. The molecule has 1 aromatic heterocycles. The van der Waals surface area contributed by atoms with Crippen LogP contribution >= 0.6 is 0 Å². The van der Waals surface area contributed by atoms with Gasteiger partial charge in [0.15, 0.2) is 6.19 Å². The summed E-state index contributed by atoms with van der Waals surface area (Å²) < 4.78 is 0. The van der Waals surface area contributed by atoms with Gasteiger partial charge in [-0.15, -0.1) is 0 Å². The van der Waals surface area contributed by atoms with Crippen LogP contribution in [-0.2, 0) is 6.54 Å². The first-order valence-corrected chi connectivity index (χ1v) is 10.3. The number of nitrogen functional groups attached to an aromatic ring is 2. The number of pyridine rings is 1. The average molecular weight is 416 g/mol. The van der Waals surface area contributed by atoms with Gasteiger partial charge in [-0.2, -0.15) is 10.5 Å². The Morgan fingerprint density at radius 3 is 2.87 bits per heavy atom. The highest BCUT2D eigenvalue weighted by atomic mass is 15.2. The summed E-state index contributed by atoms with van der Waals surface area (Å²) in [6.45, 7) is 4.23. The third kappa shape index (κ3) is 3.96. The Kier molecular flexibility index (Phi) is 5.61. The van der Waals surface area contributed by atoms with Crippen LogP contribution in [0.15, 0.2) is 29.3 Å². The molecule has 2 aliphatic heterocycles. The smallest absolute Gasteiger partial charge is 0.211 e. The lowest BCUT2D eigenvalue weighted by atomic mass is 9.93. The molecule has 6 N–H and O–H groups in total. The summed E-state index contributed by atoms with van der Waals surface area (Å²) in [6.07, 6.45) is 5.59. The number of nitrogens with two attached hydrogens (primary N) is 2. The van der Waals surface area contributed by atoms with Crippen molar-refractivity contribution < 1.29 is 0 Å². The Morgan fingerprint density at radius 1 is 1.29 bits per heavy atom. The Bertz CT molecular complexity index is 1110. The monoisotopic (exact) mass is 415 g/mol. The second-order valence-corrected chi connectivity index (χ2v) is 7.96. The van der Waals surface area contributed by atoms with Gasteiger partial charge >= 0.3 is 0 Å². The van der Waals surface area contributed by atoms with Crippen molar-refractivity contribution in [2.45, 2.75) is 44.8 Å². The van der Waals surface area contributed by atoms with E-state index in [9.17, 15) is 5.26 Å². The molecule has 0 radical (unpaired) electrons. The predicted molar refractivity (Wildman–Crippen MR) is 120 cm³/mol. The van der Waals surface area contributed by atoms with Crippen molar-refractivity contribution in [2.75, 3.05) is 23.3 Å². The average Bonchev–Trinajstić information content (AvgIpc) is 2.75. The minimum Gasteiger partial charge on any atom is -0.397 e. The van der Waals surface area contributed by atoms with Gasteiger partial charge in [-0.05, 0) is 37.4 Å². The fourth-order valence-electron chi connectivity index (χ4n) is 4.31. The highest BCUT2D eigenvalue weighted by Crippen LogP contribution is 2.40. The van der Waals surface area contributed by atoms with Crippen molar-refractivity contribution in [2.24, 2.45) is 4.99 Å². The fraction of sp³-hybridized carbons (Fsp3) is 0.364. The number of aromatic nitrogens is 1. The molecule has 1 fully saturated rings. The van der Waals surface area contributed by atoms with Crippen LogP contribution in [-0.4, -0.2) is 28.4 Å². The molecule has 1 aromatic carbocycles. The number of nitrogens with one attached hydrogen (secondary N) is 2. The lowest BCUT2D eigenvalue weighted by Crippen LogP contribution is -2.36. The van der Waals surface area contributed by atoms with E-state index in [1.807, 2.05) is 24.4 Å². The van der Waals surface area contributed by atoms with Crippen molar-refractivity contribution in [3.63, 3.8) is 0 Å². The summed E-state index contributed by atoms with van der Waals surface area (Å²) in [5.74, 6) is 0.684. The molecule has 0 saturated carbocycles. The SMILES string of the molecule is CC1CCCCN1Cc1cccc(C2N=C(NC#N)Nc3nc(N)c(C#N)c(N)c32)c1. The number of guanidine groups is 1. The maximum atomic E-state index is 9.48. The number of hydrogen-bond donors (Lipinski definition) is 4. The highest BCUT2D eigenvalue weighted by Gasteiger charge is 2.30. The van der Waals surface area contributed by atoms with Crippen LogP contribution in [0, 0.1) is 22.8 Å². The summed E-state index contributed by atoms with van der Waals surface area (Å²) in [5, 5.41) is 24.0. The zero-order valence-corrected chi connectivity index (χ0v) is 17.4. The predicted octanol–water partition coefficient (Wildman–Crippen LogP) is 2.43. The third-order valence-electron chi connectivity index (χ3n) is 5.95. The number of nitrogens with zero attached hydrogens (tertiary/aromatic N) is 5. The van der Waals surface area contributed by atoms with E-state index in [0.29, 0.717) is 17.4 Å². The number of aliphatic imine (C=N–C) groups is 1. The number of nitriles is 2. The van der Waals surface area contributed by atoms with Gasteiger partial charge in [0.1, 0.15) is 29.3 Å². The number of benzene rings is 1. The lowest BCUT2D eigenvalue weighted by Gasteiger charge is -2.33. The Morgan fingerprint density at radius 2 is 2.13 bits per heavy atom. The van der Waals surface area contributed by atoms with Crippen LogP contribution in [0.2, 0.25) is 0 Å². The van der Waals surface area contributed by atoms with Crippen LogP contribution in [0.3, 0.4) is 0 Å². The van der Waals surface area contributed by atoms with Gasteiger partial charge in [0.25, 0.3) is 0 Å². The maximum Gasteiger partial charge on any atom is 0.211 e. The second kappa shape index (κ2) is 8.50. The van der Waals surface area contributed by atoms with Gasteiger partial charge in [-0.3, -0.25) is 10.2 Å². The number of piperidine rings is 1. The summed E-state index contributed by atoms with van der Waals surface area (Å²) in [4.78, 5) is 11.4. The van der Waals surface area contributed by atoms with Gasteiger partial charge in [0.2, 0.25) is 5.96 Å². The van der Waals surface area contributed by atoms with Crippen LogP contribution < -0.4 is 22.1 Å². The Labute approximate surface area is 181 Å². The molecular formula is C22H25N9. The quantitative estimate of drug-likeness (QED) is 0.440. The molecule has 2 aliphatic rings. The van der Waals surface area contributed by atoms with Crippen molar-refractivity contribution in [3.05, 3.63) is 46.5 Å². The van der Waals surface area contributed by atoms with E-state index in [1.165, 1.54) is 24.8 Å². The molecule has 1 saturated heterocycles. The topological polar surface area (TPSA) is 152 Å². The zero-order chi connectivity index (χ0) is 22.0. The van der Waals surface area contributed by atoms with E-state index >= 15 is 0 Å². The molecule has 2 unspecified atom stereocenters. The first-order chi connectivity index (χ1) is 15.0. The van der Waals surface area contributed by atoms with Crippen molar-refractivity contribution in [1.29, 1.82) is 10.5 Å². The molecule has 3 heterocycles. The van der Waals surface area contributed by atoms with Crippen molar-refractivity contribution in [1.82, 2.24) is 15.2 Å². The Hall–Kier alpha value is -3.82. The minimum absolute atomic E-state index is 0.0380. The van der Waals surface area contributed by atoms with Gasteiger partial charge in [-0.1, -0.05) is 30.7 Å². The van der Waals surface area contributed by atoms with Gasteiger partial charge in [0, 0.05) is 18.2 Å². The first kappa shape index (κ1) is 20.5. The molecule has 4 rings (SSSR count). The molecule has 0 aliphatic carbocycles. The summed E-state index contributed by atoms with van der Waals surface area (Å²) in [6, 6.07) is 10.3. The van der Waals surface area contributed by atoms with E-state index in [0.717, 1.165) is 18.7 Å². The zero-order valence-electron chi connectivity index (χ0n) is 17.4. The van der Waals surface area contributed by atoms with E-state index in [1.54, 1.807) is 0 Å². The first-order valence-electron chi connectivity index (χ1n) is 10.3. The second-order valence-electron chi connectivity index (χ2n) is 7.96. The largest absolute Gasteiger partial charge is 0.397 e. The van der Waals surface area contributed by atoms with Crippen LogP contribution in [0.5, 0.6) is 0 Å². The molecule has 2 aromatic rings. The molecule has 2 atom stereocenters.